The van der Waals surface area contributed by atoms with Crippen LogP contribution in [-0.4, -0.2) is 66.6 Å². The number of benzene rings is 3. The van der Waals surface area contributed by atoms with Gasteiger partial charge in [-0.15, -0.1) is 0 Å². The molecule has 7 nitrogen and oxygen atoms in total. The molecule has 0 atom stereocenters. The Bertz CT molecular complexity index is 1450. The van der Waals surface area contributed by atoms with Crippen molar-refractivity contribution < 1.29 is 18.0 Å². The highest BCUT2D eigenvalue weighted by Crippen LogP contribution is 2.24. The molecule has 0 spiro atoms. The maximum Gasteiger partial charge on any atom is 0.254 e. The molecule has 0 unspecified atom stereocenters. The number of sulfonamides is 1. The quantitative estimate of drug-likeness (QED) is 0.302. The summed E-state index contributed by atoms with van der Waals surface area (Å²) in [7, 11) is -3.86. The van der Waals surface area contributed by atoms with Gasteiger partial charge in [0, 0.05) is 42.8 Å². The van der Waals surface area contributed by atoms with Gasteiger partial charge in [-0.05, 0) is 74.6 Å². The van der Waals surface area contributed by atoms with Crippen molar-refractivity contribution in [3.05, 3.63) is 100 Å². The number of rotatable bonds is 10. The molecule has 1 saturated heterocycles. The third-order valence-electron chi connectivity index (χ3n) is 7.60. The topological polar surface area (TPSA) is 78.0 Å². The molecular weight excluding hydrogens is 558 g/mol. The molecular formula is C32H38ClN3O4S. The van der Waals surface area contributed by atoms with Crippen LogP contribution in [0.4, 0.5) is 0 Å². The van der Waals surface area contributed by atoms with E-state index in [1.54, 1.807) is 41.3 Å². The summed E-state index contributed by atoms with van der Waals surface area (Å²) in [6.45, 7) is 7.08. The molecule has 41 heavy (non-hydrogen) atoms. The summed E-state index contributed by atoms with van der Waals surface area (Å²) in [5, 5.41) is 0.605. The van der Waals surface area contributed by atoms with Gasteiger partial charge in [0.1, 0.15) is 0 Å². The van der Waals surface area contributed by atoms with Gasteiger partial charge in [0.05, 0.1) is 11.4 Å². The molecule has 1 aliphatic heterocycles. The van der Waals surface area contributed by atoms with E-state index in [-0.39, 0.29) is 35.8 Å². The molecule has 0 aliphatic carbocycles. The van der Waals surface area contributed by atoms with Crippen LogP contribution in [0.3, 0.4) is 0 Å². The lowest BCUT2D eigenvalue weighted by molar-refractivity contribution is -0.135. The number of hydrogen-bond donors (Lipinski definition) is 0. The fraction of sp³-hybridized carbons (Fsp3) is 0.375. The molecule has 3 aromatic rings. The van der Waals surface area contributed by atoms with Crippen molar-refractivity contribution in [3.63, 3.8) is 0 Å². The van der Waals surface area contributed by atoms with Gasteiger partial charge in [0.25, 0.3) is 5.91 Å². The number of carbonyl (C=O) groups excluding carboxylic acids is 2. The van der Waals surface area contributed by atoms with E-state index in [1.165, 1.54) is 4.31 Å². The maximum absolute atomic E-state index is 13.9. The van der Waals surface area contributed by atoms with E-state index >= 15 is 0 Å². The van der Waals surface area contributed by atoms with Crippen LogP contribution in [0.1, 0.15) is 53.2 Å². The third kappa shape index (κ3) is 7.56. The van der Waals surface area contributed by atoms with Gasteiger partial charge in [-0.2, -0.15) is 4.31 Å². The SMILES string of the molecule is CCCN(CC(=O)N(Cc1ccc(Cl)cc1)C1CCN(C(=O)c2ccccc2C)CC1)S(=O)(=O)c1ccc(C)cc1. The van der Waals surface area contributed by atoms with E-state index in [4.69, 9.17) is 11.6 Å². The number of carbonyl (C=O) groups is 2. The Balaban J connectivity index is 1.54. The molecule has 4 rings (SSSR count). The molecule has 1 aliphatic rings. The van der Waals surface area contributed by atoms with Crippen molar-refractivity contribution in [1.82, 2.24) is 14.1 Å². The highest BCUT2D eigenvalue weighted by atomic mass is 35.5. The molecule has 2 amide bonds. The second-order valence-corrected chi connectivity index (χ2v) is 13.0. The first kappa shape index (κ1) is 30.8. The van der Waals surface area contributed by atoms with E-state index in [2.05, 4.69) is 0 Å². The first-order valence-electron chi connectivity index (χ1n) is 14.1. The average Bonchev–Trinajstić information content (AvgIpc) is 2.97. The summed E-state index contributed by atoms with van der Waals surface area (Å²) < 4.78 is 28.4. The zero-order valence-corrected chi connectivity index (χ0v) is 25.5. The van der Waals surface area contributed by atoms with Crippen molar-refractivity contribution in [1.29, 1.82) is 0 Å². The molecule has 0 N–H and O–H groups in total. The molecule has 0 saturated carbocycles. The van der Waals surface area contributed by atoms with Gasteiger partial charge in [-0.3, -0.25) is 9.59 Å². The number of amides is 2. The number of aryl methyl sites for hydroxylation is 2. The third-order valence-corrected chi connectivity index (χ3v) is 9.71. The average molecular weight is 596 g/mol. The molecule has 9 heteroatoms. The van der Waals surface area contributed by atoms with Crippen LogP contribution in [0, 0.1) is 13.8 Å². The summed E-state index contributed by atoms with van der Waals surface area (Å²) in [4.78, 5) is 30.9. The number of piperidine rings is 1. The predicted octanol–water partition coefficient (Wildman–Crippen LogP) is 5.69. The molecule has 218 valence electrons. The van der Waals surface area contributed by atoms with E-state index in [1.807, 2.05) is 62.1 Å². The lowest BCUT2D eigenvalue weighted by Gasteiger charge is -2.39. The lowest BCUT2D eigenvalue weighted by Crippen LogP contribution is -2.51. The first-order valence-corrected chi connectivity index (χ1v) is 15.9. The Morgan fingerprint density at radius 2 is 1.56 bits per heavy atom. The molecule has 0 aromatic heterocycles. The van der Waals surface area contributed by atoms with Crippen LogP contribution in [-0.2, 0) is 21.4 Å². The van der Waals surface area contributed by atoms with Crippen molar-refractivity contribution >= 4 is 33.4 Å². The minimum Gasteiger partial charge on any atom is -0.338 e. The second kappa shape index (κ2) is 13.6. The fourth-order valence-electron chi connectivity index (χ4n) is 5.21. The standard InChI is InChI=1S/C32H38ClN3O4S/c1-4-19-35(41(39,40)29-15-9-24(2)10-16-29)23-31(37)36(22-26-11-13-27(33)14-12-26)28-17-20-34(21-18-28)32(38)30-8-6-5-7-25(30)3/h5-16,28H,4,17-23H2,1-3H3. The minimum atomic E-state index is -3.86. The Labute approximate surface area is 248 Å². The van der Waals surface area contributed by atoms with Crippen LogP contribution in [0.15, 0.2) is 77.7 Å². The summed E-state index contributed by atoms with van der Waals surface area (Å²) >= 11 is 6.10. The van der Waals surface area contributed by atoms with Gasteiger partial charge in [-0.1, -0.05) is 66.6 Å². The highest BCUT2D eigenvalue weighted by molar-refractivity contribution is 7.89. The smallest absolute Gasteiger partial charge is 0.254 e. The summed E-state index contributed by atoms with van der Waals surface area (Å²) in [5.74, 6) is -0.261. The number of nitrogens with zero attached hydrogens (tertiary/aromatic N) is 3. The lowest BCUT2D eigenvalue weighted by atomic mass is 10.00. The van der Waals surface area contributed by atoms with Crippen LogP contribution >= 0.6 is 11.6 Å². The Hall–Kier alpha value is -3.20. The molecule has 1 fully saturated rings. The zero-order valence-electron chi connectivity index (χ0n) is 23.9. The maximum atomic E-state index is 13.9. The largest absolute Gasteiger partial charge is 0.338 e. The van der Waals surface area contributed by atoms with Crippen LogP contribution in [0.2, 0.25) is 5.02 Å². The van der Waals surface area contributed by atoms with Crippen molar-refractivity contribution in [2.24, 2.45) is 0 Å². The van der Waals surface area contributed by atoms with E-state index in [0.717, 1.165) is 16.7 Å². The predicted molar refractivity (Wildman–Crippen MR) is 162 cm³/mol. The van der Waals surface area contributed by atoms with E-state index in [0.29, 0.717) is 49.5 Å². The molecule has 1 heterocycles. The van der Waals surface area contributed by atoms with E-state index in [9.17, 15) is 18.0 Å². The Morgan fingerprint density at radius 1 is 0.927 bits per heavy atom. The van der Waals surface area contributed by atoms with Crippen molar-refractivity contribution in [2.45, 2.75) is 57.5 Å². The first-order chi connectivity index (χ1) is 19.6. The van der Waals surface area contributed by atoms with Gasteiger partial charge < -0.3 is 9.80 Å². The Morgan fingerprint density at radius 3 is 2.17 bits per heavy atom. The Kier molecular flexibility index (Phi) is 10.2. The summed E-state index contributed by atoms with van der Waals surface area (Å²) in [6, 6.07) is 21.5. The van der Waals surface area contributed by atoms with Crippen LogP contribution in [0.25, 0.3) is 0 Å². The van der Waals surface area contributed by atoms with Crippen molar-refractivity contribution in [2.75, 3.05) is 26.2 Å². The number of likely N-dealkylation sites (tertiary alicyclic amines) is 1. The molecule has 0 radical (unpaired) electrons. The number of halogens is 1. The normalized spacial score (nSPS) is 14.3. The molecule has 3 aromatic carbocycles. The van der Waals surface area contributed by atoms with Gasteiger partial charge in [0.15, 0.2) is 0 Å². The second-order valence-electron chi connectivity index (χ2n) is 10.6. The summed E-state index contributed by atoms with van der Waals surface area (Å²) in [5.41, 5.74) is 3.49. The monoisotopic (exact) mass is 595 g/mol. The van der Waals surface area contributed by atoms with Crippen molar-refractivity contribution in [3.8, 4) is 0 Å². The van der Waals surface area contributed by atoms with Crippen LogP contribution < -0.4 is 0 Å². The minimum absolute atomic E-state index is 0.00422. The van der Waals surface area contributed by atoms with E-state index < -0.39 is 10.0 Å². The van der Waals surface area contributed by atoms with Gasteiger partial charge in [-0.25, -0.2) is 8.42 Å². The zero-order chi connectivity index (χ0) is 29.6. The number of hydrogen-bond acceptors (Lipinski definition) is 4. The fourth-order valence-corrected chi connectivity index (χ4v) is 6.81. The summed E-state index contributed by atoms with van der Waals surface area (Å²) in [6.07, 6.45) is 1.79. The highest BCUT2D eigenvalue weighted by Gasteiger charge is 2.33. The molecule has 0 bridgehead atoms. The van der Waals surface area contributed by atoms with Gasteiger partial charge >= 0.3 is 0 Å². The van der Waals surface area contributed by atoms with Crippen LogP contribution in [0.5, 0.6) is 0 Å². The van der Waals surface area contributed by atoms with Gasteiger partial charge in [0.2, 0.25) is 15.9 Å².